The zero-order valence-corrected chi connectivity index (χ0v) is 20.8. The Hall–Kier alpha value is -5.04. The summed E-state index contributed by atoms with van der Waals surface area (Å²) in [6.45, 7) is -0.274. The maximum atomic E-state index is 14.9. The second kappa shape index (κ2) is 9.68. The maximum absolute atomic E-state index is 14.9. The van der Waals surface area contributed by atoms with Gasteiger partial charge in [-0.25, -0.2) is 9.37 Å². The van der Waals surface area contributed by atoms with E-state index in [1.54, 1.807) is 30.3 Å². The van der Waals surface area contributed by atoms with Gasteiger partial charge in [-0.1, -0.05) is 6.07 Å². The lowest BCUT2D eigenvalue weighted by molar-refractivity contribution is -0.132. The minimum Gasteiger partial charge on any atom is -0.494 e. The molecule has 1 aliphatic rings. The highest BCUT2D eigenvalue weighted by molar-refractivity contribution is 6.00. The lowest BCUT2D eigenvalue weighted by Crippen LogP contribution is -2.58. The van der Waals surface area contributed by atoms with E-state index in [9.17, 15) is 23.6 Å². The number of rotatable bonds is 8. The predicted octanol–water partition coefficient (Wildman–Crippen LogP) is 1.26. The van der Waals surface area contributed by atoms with Gasteiger partial charge in [-0.3, -0.25) is 34.8 Å². The second-order valence-corrected chi connectivity index (χ2v) is 8.90. The molecule has 1 aliphatic heterocycles. The molecule has 12 nitrogen and oxygen atoms in total. The summed E-state index contributed by atoms with van der Waals surface area (Å²) in [4.78, 5) is 57.5. The molecule has 2 aromatic carbocycles. The Bertz CT molecular complexity index is 1700. The van der Waals surface area contributed by atoms with Crippen LogP contribution in [-0.2, 0) is 21.7 Å². The first-order chi connectivity index (χ1) is 18.7. The van der Waals surface area contributed by atoms with E-state index in [0.717, 1.165) is 0 Å². The van der Waals surface area contributed by atoms with Crippen LogP contribution in [0.3, 0.4) is 0 Å². The van der Waals surface area contributed by atoms with Gasteiger partial charge in [0.2, 0.25) is 12.4 Å². The lowest BCUT2D eigenvalue weighted by atomic mass is 9.93. The highest BCUT2D eigenvalue weighted by Gasteiger charge is 2.46. The Morgan fingerprint density at radius 1 is 1.28 bits per heavy atom. The highest BCUT2D eigenvalue weighted by Crippen LogP contribution is 2.35. The third-order valence-corrected chi connectivity index (χ3v) is 6.70. The van der Waals surface area contributed by atoms with Crippen molar-refractivity contribution in [3.8, 4) is 17.0 Å². The predicted molar refractivity (Wildman–Crippen MR) is 137 cm³/mol. The van der Waals surface area contributed by atoms with Crippen LogP contribution >= 0.6 is 0 Å². The molecular weight excluding hydrogens is 511 g/mol. The van der Waals surface area contributed by atoms with Crippen LogP contribution in [0.5, 0.6) is 5.75 Å². The third kappa shape index (κ3) is 4.28. The number of imide groups is 1. The molecular formula is C26H23FN6O6. The Morgan fingerprint density at radius 3 is 2.77 bits per heavy atom. The number of hydrogen-bond acceptors (Lipinski definition) is 9. The first kappa shape index (κ1) is 25.6. The average molecular weight is 535 g/mol. The number of nitrogens with two attached hydrogens (primary N) is 1. The molecule has 0 radical (unpaired) electrons. The number of nitrogen functional groups attached to an aromatic ring is 1. The van der Waals surface area contributed by atoms with Gasteiger partial charge in [0, 0.05) is 23.6 Å². The van der Waals surface area contributed by atoms with Gasteiger partial charge >= 0.3 is 0 Å². The molecule has 0 aliphatic carbocycles. The molecule has 13 heteroatoms. The number of halogens is 1. The molecule has 5 N–H and O–H groups in total. The van der Waals surface area contributed by atoms with Crippen molar-refractivity contribution in [3.05, 3.63) is 75.5 Å². The van der Waals surface area contributed by atoms with Crippen LogP contribution in [0.4, 0.5) is 10.3 Å². The smallest absolute Gasteiger partial charge is 0.257 e. The summed E-state index contributed by atoms with van der Waals surface area (Å²) in [7, 11) is 2.77. The number of carbonyl (C=O) groups is 3. The van der Waals surface area contributed by atoms with Crippen molar-refractivity contribution < 1.29 is 27.9 Å². The number of carbonyl (C=O) groups excluding carboxylic acids is 3. The van der Waals surface area contributed by atoms with Gasteiger partial charge in [-0.05, 0) is 42.9 Å². The minimum atomic E-state index is -1.73. The van der Waals surface area contributed by atoms with Gasteiger partial charge in [0.1, 0.15) is 11.3 Å². The summed E-state index contributed by atoms with van der Waals surface area (Å²) in [6.07, 6.45) is 0.225. The normalized spacial score (nSPS) is 14.2. The Balaban J connectivity index is 1.56. The van der Waals surface area contributed by atoms with Crippen LogP contribution in [0.25, 0.3) is 22.2 Å². The Kier molecular flexibility index (Phi) is 6.36. The van der Waals surface area contributed by atoms with Crippen LogP contribution in [0.1, 0.15) is 21.7 Å². The van der Waals surface area contributed by atoms with Crippen LogP contribution in [0, 0.1) is 5.82 Å². The van der Waals surface area contributed by atoms with E-state index in [1.165, 1.54) is 31.2 Å². The number of nitrogens with zero attached hydrogens (tertiary/aromatic N) is 2. The number of benzene rings is 2. The molecule has 200 valence electrons. The Morgan fingerprint density at radius 2 is 2.08 bits per heavy atom. The number of aromatic nitrogens is 2. The molecule has 4 aromatic rings. The largest absolute Gasteiger partial charge is 0.494 e. The summed E-state index contributed by atoms with van der Waals surface area (Å²) < 4.78 is 25.9. The van der Waals surface area contributed by atoms with Crippen LogP contribution < -0.4 is 26.7 Å². The first-order valence-corrected chi connectivity index (χ1v) is 11.7. The van der Waals surface area contributed by atoms with Gasteiger partial charge in [0.05, 0.1) is 24.9 Å². The van der Waals surface area contributed by atoms with E-state index in [2.05, 4.69) is 20.6 Å². The van der Waals surface area contributed by atoms with Crippen molar-refractivity contribution in [1.82, 2.24) is 25.5 Å². The number of fused-ring (bicyclic) bond motifs is 2. The first-order valence-electron chi connectivity index (χ1n) is 11.7. The number of likely N-dealkylation sites (N-methyl/N-ethyl adjacent to an activating group) is 1. The number of hydrogen-bond donors (Lipinski definition) is 4. The number of amides is 3. The summed E-state index contributed by atoms with van der Waals surface area (Å²) in [5.74, 6) is -2.25. The Labute approximate surface area is 219 Å². The molecule has 39 heavy (non-hydrogen) atoms. The average Bonchev–Trinajstić information content (AvgIpc) is 3.47. The quantitative estimate of drug-likeness (QED) is 0.243. The lowest BCUT2D eigenvalue weighted by Gasteiger charge is -2.33. The van der Waals surface area contributed by atoms with E-state index in [1.807, 2.05) is 0 Å². The van der Waals surface area contributed by atoms with E-state index in [0.29, 0.717) is 27.8 Å². The third-order valence-electron chi connectivity index (χ3n) is 6.70. The molecule has 1 atom stereocenters. The fourth-order valence-electron chi connectivity index (χ4n) is 4.76. The molecule has 5 rings (SSSR count). The molecule has 0 saturated carbocycles. The van der Waals surface area contributed by atoms with Crippen molar-refractivity contribution in [3.63, 3.8) is 0 Å². The highest BCUT2D eigenvalue weighted by atomic mass is 19.1. The number of anilines is 1. The van der Waals surface area contributed by atoms with Crippen LogP contribution in [0.15, 0.2) is 51.7 Å². The van der Waals surface area contributed by atoms with Gasteiger partial charge in [0.15, 0.2) is 17.1 Å². The molecule has 2 aromatic heterocycles. The molecule has 1 unspecified atom stereocenters. The van der Waals surface area contributed by atoms with Gasteiger partial charge in [-0.2, -0.15) is 0 Å². The van der Waals surface area contributed by atoms with Gasteiger partial charge in [0.25, 0.3) is 17.4 Å². The van der Waals surface area contributed by atoms with Crippen molar-refractivity contribution in [2.45, 2.75) is 12.1 Å². The molecule has 0 fully saturated rings. The monoisotopic (exact) mass is 534 g/mol. The summed E-state index contributed by atoms with van der Waals surface area (Å²) >= 11 is 0. The van der Waals surface area contributed by atoms with Crippen molar-refractivity contribution in [2.75, 3.05) is 26.4 Å². The number of methoxy groups -OCH3 is 1. The zero-order chi connectivity index (χ0) is 27.9. The van der Waals surface area contributed by atoms with E-state index < -0.39 is 28.7 Å². The standard InChI is InChI=1S/C26H23FN6O6/c1-29-26(24(37)30-12-34,11-33-10-14-4-6-18(38-2)22(27)21(14)23(33)36)19-8-15-7-13(3-5-17(15)39-19)16-9-20(35)32-25(28)31-16/h3-9,12,29H,10-11H2,1-2H3,(H,30,34,37)(H3,28,31,32,35). The van der Waals surface area contributed by atoms with E-state index in [4.69, 9.17) is 14.9 Å². The number of H-pyrrole nitrogens is 1. The summed E-state index contributed by atoms with van der Waals surface area (Å²) in [6, 6.07) is 10.9. The molecule has 3 amide bonds. The second-order valence-electron chi connectivity index (χ2n) is 8.90. The van der Waals surface area contributed by atoms with Crippen molar-refractivity contribution in [1.29, 1.82) is 0 Å². The number of aromatic amines is 1. The van der Waals surface area contributed by atoms with E-state index in [-0.39, 0.29) is 42.5 Å². The number of ether oxygens (including phenoxy) is 1. The minimum absolute atomic E-state index is 0.0207. The molecule has 0 bridgehead atoms. The topological polar surface area (TPSA) is 173 Å². The van der Waals surface area contributed by atoms with Crippen molar-refractivity contribution in [2.24, 2.45) is 0 Å². The zero-order valence-electron chi connectivity index (χ0n) is 20.8. The maximum Gasteiger partial charge on any atom is 0.257 e. The van der Waals surface area contributed by atoms with E-state index >= 15 is 0 Å². The molecule has 3 heterocycles. The van der Waals surface area contributed by atoms with Crippen LogP contribution in [-0.4, -0.2) is 53.8 Å². The summed E-state index contributed by atoms with van der Waals surface area (Å²) in [5, 5.41) is 5.58. The molecule has 0 spiro atoms. The fraction of sp³-hybridized carbons (Fsp3) is 0.192. The fourth-order valence-corrected chi connectivity index (χ4v) is 4.76. The van der Waals surface area contributed by atoms with Crippen molar-refractivity contribution >= 4 is 35.1 Å². The van der Waals surface area contributed by atoms with Gasteiger partial charge in [-0.15, -0.1) is 0 Å². The number of nitrogens with one attached hydrogen (secondary N) is 3. The van der Waals surface area contributed by atoms with Gasteiger partial charge < -0.3 is 19.8 Å². The summed E-state index contributed by atoms with van der Waals surface area (Å²) in [5.41, 5.74) is 5.08. The molecule has 0 saturated heterocycles. The van der Waals surface area contributed by atoms with Crippen LogP contribution in [0.2, 0.25) is 0 Å². The number of furan rings is 1. The SMILES string of the molecule is CNC(CN1Cc2ccc(OC)c(F)c2C1=O)(C(=O)NC=O)c1cc2cc(-c3cc(=O)[nH]c(N)n3)ccc2o1.